The number of nitriles is 1. The van der Waals surface area contributed by atoms with E-state index in [0.717, 1.165) is 6.07 Å². The number of likely N-dealkylation sites (tertiary alicyclic amines) is 1. The van der Waals surface area contributed by atoms with E-state index in [1.54, 1.807) is 0 Å². The molecular formula is C15H18F2N2. The van der Waals surface area contributed by atoms with E-state index in [1.807, 2.05) is 0 Å². The summed E-state index contributed by atoms with van der Waals surface area (Å²) in [5, 5.41) is 9.25. The maximum atomic E-state index is 13.9. The summed E-state index contributed by atoms with van der Waals surface area (Å²) >= 11 is 0. The van der Waals surface area contributed by atoms with Crippen molar-refractivity contribution in [1.29, 1.82) is 5.26 Å². The van der Waals surface area contributed by atoms with E-state index in [-0.39, 0.29) is 17.4 Å². The molecule has 1 saturated heterocycles. The number of halogens is 2. The quantitative estimate of drug-likeness (QED) is 0.778. The van der Waals surface area contributed by atoms with Crippen LogP contribution in [0.2, 0.25) is 0 Å². The first kappa shape index (κ1) is 14.0. The third-order valence-corrected chi connectivity index (χ3v) is 3.80. The molecule has 0 amide bonds. The fraction of sp³-hybridized carbons (Fsp3) is 0.533. The number of hydrogen-bond acceptors (Lipinski definition) is 2. The third-order valence-electron chi connectivity index (χ3n) is 3.80. The molecule has 1 aliphatic heterocycles. The summed E-state index contributed by atoms with van der Waals surface area (Å²) in [6.07, 6.45) is 0. The number of hydrogen-bond donors (Lipinski definition) is 0. The molecule has 4 heteroatoms. The van der Waals surface area contributed by atoms with E-state index in [0.29, 0.717) is 18.7 Å². The molecule has 0 aromatic heterocycles. The molecule has 2 unspecified atom stereocenters. The first-order chi connectivity index (χ1) is 8.82. The molecule has 0 bridgehead atoms. The van der Waals surface area contributed by atoms with E-state index >= 15 is 0 Å². The van der Waals surface area contributed by atoms with Crippen molar-refractivity contribution in [2.75, 3.05) is 13.1 Å². The van der Waals surface area contributed by atoms with Gasteiger partial charge in [0, 0.05) is 30.6 Å². The van der Waals surface area contributed by atoms with Crippen molar-refractivity contribution in [3.8, 4) is 6.07 Å². The van der Waals surface area contributed by atoms with Gasteiger partial charge in [-0.25, -0.2) is 8.78 Å². The smallest absolute Gasteiger partial charge is 0.129 e. The first-order valence-corrected chi connectivity index (χ1v) is 6.42. The molecule has 0 N–H and O–H groups in total. The minimum absolute atomic E-state index is 0.0552. The van der Waals surface area contributed by atoms with Gasteiger partial charge in [-0.2, -0.15) is 5.26 Å². The predicted octanol–water partition coefficient (Wildman–Crippen LogP) is 3.30. The van der Waals surface area contributed by atoms with E-state index in [1.165, 1.54) is 12.1 Å². The van der Waals surface area contributed by atoms with Crippen LogP contribution in [0.4, 0.5) is 8.78 Å². The van der Waals surface area contributed by atoms with Crippen molar-refractivity contribution in [3.05, 3.63) is 35.4 Å². The lowest BCUT2D eigenvalue weighted by Gasteiger charge is -2.31. The van der Waals surface area contributed by atoms with Gasteiger partial charge >= 0.3 is 0 Å². The van der Waals surface area contributed by atoms with Crippen LogP contribution < -0.4 is 0 Å². The van der Waals surface area contributed by atoms with Crippen molar-refractivity contribution in [2.45, 2.75) is 32.2 Å². The number of nitrogens with zero attached hydrogens (tertiary/aromatic N) is 2. The lowest BCUT2D eigenvalue weighted by atomic mass is 9.89. The minimum Gasteiger partial charge on any atom is -0.297 e. The summed E-state index contributed by atoms with van der Waals surface area (Å²) in [7, 11) is 0. The van der Waals surface area contributed by atoms with Gasteiger partial charge in [0.15, 0.2) is 0 Å². The van der Waals surface area contributed by atoms with Crippen LogP contribution in [-0.4, -0.2) is 23.5 Å². The van der Waals surface area contributed by atoms with Gasteiger partial charge in [0.2, 0.25) is 0 Å². The Kier molecular flexibility index (Phi) is 3.60. The molecule has 2 nitrogen and oxygen atoms in total. The van der Waals surface area contributed by atoms with Crippen molar-refractivity contribution >= 4 is 0 Å². The number of benzene rings is 1. The second-order valence-electron chi connectivity index (χ2n) is 6.08. The molecule has 1 fully saturated rings. The summed E-state index contributed by atoms with van der Waals surface area (Å²) in [5.74, 6) is -1.58. The Morgan fingerprint density at radius 1 is 1.26 bits per heavy atom. The topological polar surface area (TPSA) is 27.0 Å². The Balaban J connectivity index is 2.31. The van der Waals surface area contributed by atoms with Gasteiger partial charge in [-0.1, -0.05) is 6.07 Å². The molecule has 102 valence electrons. The van der Waals surface area contributed by atoms with Crippen LogP contribution in [0.15, 0.2) is 18.2 Å². The summed E-state index contributed by atoms with van der Waals surface area (Å²) < 4.78 is 26.8. The van der Waals surface area contributed by atoms with Gasteiger partial charge in [0.1, 0.15) is 11.6 Å². The molecule has 0 radical (unpaired) electrons. The molecule has 1 aromatic rings. The lowest BCUT2D eigenvalue weighted by molar-refractivity contribution is 0.170. The Bertz CT molecular complexity index is 514. The second-order valence-corrected chi connectivity index (χ2v) is 6.08. The summed E-state index contributed by atoms with van der Waals surface area (Å²) in [5.41, 5.74) is 0.389. The largest absolute Gasteiger partial charge is 0.297 e. The van der Waals surface area contributed by atoms with Crippen LogP contribution in [0, 0.1) is 28.9 Å². The highest BCUT2D eigenvalue weighted by atomic mass is 19.1. The van der Waals surface area contributed by atoms with Crippen LogP contribution in [0.1, 0.15) is 32.3 Å². The third kappa shape index (κ3) is 2.76. The zero-order chi connectivity index (χ0) is 14.2. The van der Waals surface area contributed by atoms with Crippen molar-refractivity contribution in [2.24, 2.45) is 5.92 Å². The van der Waals surface area contributed by atoms with Crippen LogP contribution >= 0.6 is 0 Å². The standard InChI is InChI=1S/C15H18F2N2/c1-15(2,3)19-8-10(7-18)13(9-19)12-5-4-11(16)6-14(12)17/h4-6,10,13H,8-9H2,1-3H3. The van der Waals surface area contributed by atoms with Crippen LogP contribution in [0.25, 0.3) is 0 Å². The predicted molar refractivity (Wildman–Crippen MR) is 69.5 cm³/mol. The van der Waals surface area contributed by atoms with Crippen LogP contribution in [0.3, 0.4) is 0 Å². The molecule has 1 aliphatic rings. The van der Waals surface area contributed by atoms with Crippen LogP contribution in [-0.2, 0) is 0 Å². The Morgan fingerprint density at radius 2 is 1.95 bits per heavy atom. The van der Waals surface area contributed by atoms with Crippen molar-refractivity contribution < 1.29 is 8.78 Å². The van der Waals surface area contributed by atoms with E-state index in [4.69, 9.17) is 0 Å². The summed E-state index contributed by atoms with van der Waals surface area (Å²) in [4.78, 5) is 2.17. The SMILES string of the molecule is CC(C)(C)N1CC(C#N)C(c2ccc(F)cc2F)C1. The molecule has 2 atom stereocenters. The fourth-order valence-corrected chi connectivity index (χ4v) is 2.60. The van der Waals surface area contributed by atoms with Gasteiger partial charge in [0.05, 0.1) is 12.0 Å². The summed E-state index contributed by atoms with van der Waals surface area (Å²) in [6, 6.07) is 5.87. The van der Waals surface area contributed by atoms with Crippen molar-refractivity contribution in [1.82, 2.24) is 4.90 Å². The monoisotopic (exact) mass is 264 g/mol. The normalized spacial score (nSPS) is 24.4. The Hall–Kier alpha value is -1.47. The summed E-state index contributed by atoms with van der Waals surface area (Å²) in [6.45, 7) is 7.48. The molecule has 0 saturated carbocycles. The van der Waals surface area contributed by atoms with Gasteiger partial charge in [-0.05, 0) is 32.4 Å². The van der Waals surface area contributed by atoms with Crippen molar-refractivity contribution in [3.63, 3.8) is 0 Å². The maximum Gasteiger partial charge on any atom is 0.129 e. The highest BCUT2D eigenvalue weighted by Crippen LogP contribution is 2.36. The zero-order valence-corrected chi connectivity index (χ0v) is 11.5. The Labute approximate surface area is 112 Å². The van der Waals surface area contributed by atoms with E-state index in [2.05, 4.69) is 31.7 Å². The average molecular weight is 264 g/mol. The molecule has 2 rings (SSSR count). The van der Waals surface area contributed by atoms with E-state index < -0.39 is 11.6 Å². The molecule has 1 heterocycles. The van der Waals surface area contributed by atoms with Crippen LogP contribution in [0.5, 0.6) is 0 Å². The fourth-order valence-electron chi connectivity index (χ4n) is 2.60. The van der Waals surface area contributed by atoms with Gasteiger partial charge in [0.25, 0.3) is 0 Å². The Morgan fingerprint density at radius 3 is 2.47 bits per heavy atom. The molecule has 0 spiro atoms. The highest BCUT2D eigenvalue weighted by Gasteiger charge is 2.39. The van der Waals surface area contributed by atoms with Gasteiger partial charge in [-0.3, -0.25) is 4.90 Å². The molecular weight excluding hydrogens is 246 g/mol. The maximum absolute atomic E-state index is 13.9. The van der Waals surface area contributed by atoms with Gasteiger partial charge < -0.3 is 0 Å². The molecule has 19 heavy (non-hydrogen) atoms. The van der Waals surface area contributed by atoms with Gasteiger partial charge in [-0.15, -0.1) is 0 Å². The first-order valence-electron chi connectivity index (χ1n) is 6.42. The lowest BCUT2D eigenvalue weighted by Crippen LogP contribution is -2.39. The minimum atomic E-state index is -0.583. The molecule has 0 aliphatic carbocycles. The number of rotatable bonds is 1. The second kappa shape index (κ2) is 4.90. The highest BCUT2D eigenvalue weighted by molar-refractivity contribution is 5.27. The average Bonchev–Trinajstić information content (AvgIpc) is 2.72. The zero-order valence-electron chi connectivity index (χ0n) is 11.5. The van der Waals surface area contributed by atoms with E-state index in [9.17, 15) is 14.0 Å². The molecule has 1 aromatic carbocycles.